The lowest BCUT2D eigenvalue weighted by molar-refractivity contribution is 0.452. The van der Waals surface area contributed by atoms with Crippen LogP contribution in [0, 0.1) is 0 Å². The molecule has 0 atom stereocenters. The average molecular weight is 348 g/mol. The molecule has 0 aliphatic heterocycles. The highest BCUT2D eigenvalue weighted by atomic mass is 35.5. The van der Waals surface area contributed by atoms with Gasteiger partial charge in [-0.3, -0.25) is 0 Å². The summed E-state index contributed by atoms with van der Waals surface area (Å²) in [6, 6.07) is 21.0. The van der Waals surface area contributed by atoms with Gasteiger partial charge >= 0.3 is 0 Å². The van der Waals surface area contributed by atoms with Crippen LogP contribution in [0.15, 0.2) is 72.9 Å². The summed E-state index contributed by atoms with van der Waals surface area (Å²) < 4.78 is 7.54. The van der Waals surface area contributed by atoms with E-state index in [2.05, 4.69) is 10.1 Å². The van der Waals surface area contributed by atoms with Crippen LogP contribution in [0.2, 0.25) is 5.02 Å². The molecular formula is C20H14ClN3O. The molecule has 5 heteroatoms. The molecule has 0 radical (unpaired) electrons. The van der Waals surface area contributed by atoms with Gasteiger partial charge in [0.15, 0.2) is 5.65 Å². The van der Waals surface area contributed by atoms with E-state index in [-0.39, 0.29) is 0 Å². The van der Waals surface area contributed by atoms with E-state index in [0.29, 0.717) is 16.7 Å². The normalized spacial score (nSPS) is 11.2. The van der Waals surface area contributed by atoms with Gasteiger partial charge in [-0.2, -0.15) is 0 Å². The fourth-order valence-electron chi connectivity index (χ4n) is 2.44. The summed E-state index contributed by atoms with van der Waals surface area (Å²) in [4.78, 5) is 4.37. The average Bonchev–Trinajstić information content (AvgIpc) is 3.03. The maximum absolute atomic E-state index is 5.99. The second kappa shape index (κ2) is 6.79. The minimum absolute atomic E-state index is 0.474. The molecule has 0 saturated heterocycles. The van der Waals surface area contributed by atoms with E-state index in [1.807, 2.05) is 60.7 Å². The van der Waals surface area contributed by atoms with Gasteiger partial charge in [0.1, 0.15) is 5.75 Å². The maximum Gasteiger partial charge on any atom is 0.237 e. The Morgan fingerprint density at radius 2 is 1.80 bits per heavy atom. The van der Waals surface area contributed by atoms with Crippen molar-refractivity contribution in [1.82, 2.24) is 14.6 Å². The van der Waals surface area contributed by atoms with Crippen LogP contribution in [-0.4, -0.2) is 14.6 Å². The number of rotatable bonds is 4. The number of imidazole rings is 1. The molecule has 0 bridgehead atoms. The third-order valence-corrected chi connectivity index (χ3v) is 3.86. The predicted octanol–water partition coefficient (Wildman–Crippen LogP) is 5.35. The Morgan fingerprint density at radius 1 is 0.920 bits per heavy atom. The van der Waals surface area contributed by atoms with Crippen molar-refractivity contribution in [2.75, 3.05) is 0 Å². The minimum Gasteiger partial charge on any atom is -0.438 e. The van der Waals surface area contributed by atoms with Gasteiger partial charge in [-0.25, -0.2) is 9.50 Å². The molecule has 0 amide bonds. The molecule has 25 heavy (non-hydrogen) atoms. The SMILES string of the molecule is Clc1cccc(Oc2ccc3ncc(/C=C/c4ccccc4)n3n2)c1. The van der Waals surface area contributed by atoms with Crippen LogP contribution in [0.4, 0.5) is 0 Å². The number of fused-ring (bicyclic) bond motifs is 1. The molecule has 0 aliphatic rings. The summed E-state index contributed by atoms with van der Waals surface area (Å²) in [5, 5.41) is 5.13. The number of halogens is 1. The molecule has 0 aliphatic carbocycles. The Morgan fingerprint density at radius 3 is 2.64 bits per heavy atom. The summed E-state index contributed by atoms with van der Waals surface area (Å²) in [6.07, 6.45) is 5.78. The van der Waals surface area contributed by atoms with Gasteiger partial charge in [0.2, 0.25) is 5.88 Å². The van der Waals surface area contributed by atoms with Crippen LogP contribution >= 0.6 is 11.6 Å². The van der Waals surface area contributed by atoms with Gasteiger partial charge in [-0.15, -0.1) is 5.10 Å². The molecule has 2 aromatic carbocycles. The molecule has 0 saturated carbocycles. The molecule has 0 fully saturated rings. The maximum atomic E-state index is 5.99. The van der Waals surface area contributed by atoms with Gasteiger partial charge in [-0.1, -0.05) is 54.1 Å². The lowest BCUT2D eigenvalue weighted by atomic mass is 10.2. The quantitative estimate of drug-likeness (QED) is 0.500. The zero-order chi connectivity index (χ0) is 17.1. The third-order valence-electron chi connectivity index (χ3n) is 3.63. The molecular weight excluding hydrogens is 334 g/mol. The largest absolute Gasteiger partial charge is 0.438 e. The smallest absolute Gasteiger partial charge is 0.237 e. The molecule has 4 aromatic rings. The molecule has 4 rings (SSSR count). The van der Waals surface area contributed by atoms with Crippen molar-refractivity contribution in [1.29, 1.82) is 0 Å². The molecule has 2 heterocycles. The minimum atomic E-state index is 0.474. The Bertz CT molecular complexity index is 1040. The second-order valence-corrected chi connectivity index (χ2v) is 5.86. The summed E-state index contributed by atoms with van der Waals surface area (Å²) in [5.41, 5.74) is 2.74. The van der Waals surface area contributed by atoms with Crippen molar-refractivity contribution in [3.63, 3.8) is 0 Å². The van der Waals surface area contributed by atoms with Crippen LogP contribution in [0.5, 0.6) is 11.6 Å². The number of hydrogen-bond donors (Lipinski definition) is 0. The molecule has 4 nitrogen and oxygen atoms in total. The molecule has 122 valence electrons. The third kappa shape index (κ3) is 3.54. The summed E-state index contributed by atoms with van der Waals surface area (Å²) in [6.45, 7) is 0. The van der Waals surface area contributed by atoms with E-state index >= 15 is 0 Å². The molecule has 0 spiro atoms. The zero-order valence-electron chi connectivity index (χ0n) is 13.2. The van der Waals surface area contributed by atoms with E-state index in [9.17, 15) is 0 Å². The highest BCUT2D eigenvalue weighted by Gasteiger charge is 2.05. The topological polar surface area (TPSA) is 39.4 Å². The fourth-order valence-corrected chi connectivity index (χ4v) is 2.62. The Kier molecular flexibility index (Phi) is 4.19. The van der Waals surface area contributed by atoms with Crippen molar-refractivity contribution < 1.29 is 4.74 Å². The van der Waals surface area contributed by atoms with E-state index in [1.54, 1.807) is 28.9 Å². The van der Waals surface area contributed by atoms with Gasteiger partial charge in [0.25, 0.3) is 0 Å². The number of nitrogens with zero attached hydrogens (tertiary/aromatic N) is 3. The van der Waals surface area contributed by atoms with E-state index in [0.717, 1.165) is 16.9 Å². The van der Waals surface area contributed by atoms with Gasteiger partial charge in [0.05, 0.1) is 11.9 Å². The van der Waals surface area contributed by atoms with Crippen LogP contribution in [0.25, 0.3) is 17.8 Å². The molecule has 0 N–H and O–H groups in total. The summed E-state index contributed by atoms with van der Waals surface area (Å²) >= 11 is 5.99. The fraction of sp³-hybridized carbons (Fsp3) is 0. The van der Waals surface area contributed by atoms with E-state index in [1.165, 1.54) is 0 Å². The van der Waals surface area contributed by atoms with Crippen molar-refractivity contribution in [3.05, 3.63) is 89.2 Å². The Balaban J connectivity index is 1.64. The van der Waals surface area contributed by atoms with Crippen molar-refractivity contribution in [2.45, 2.75) is 0 Å². The zero-order valence-corrected chi connectivity index (χ0v) is 14.0. The summed E-state index contributed by atoms with van der Waals surface area (Å²) in [5.74, 6) is 1.11. The number of benzene rings is 2. The number of hydrogen-bond acceptors (Lipinski definition) is 3. The van der Waals surface area contributed by atoms with Gasteiger partial charge < -0.3 is 4.74 Å². The standard InChI is InChI=1S/C20H14ClN3O/c21-16-7-4-8-18(13-16)25-20-12-11-19-22-14-17(24(19)23-20)10-9-15-5-2-1-3-6-15/h1-14H/b10-9+. The Labute approximate surface area is 150 Å². The van der Waals surface area contributed by atoms with Crippen molar-refractivity contribution >= 4 is 29.4 Å². The first-order chi connectivity index (χ1) is 12.3. The van der Waals surface area contributed by atoms with Gasteiger partial charge in [0, 0.05) is 11.1 Å². The van der Waals surface area contributed by atoms with Gasteiger partial charge in [-0.05, 0) is 35.9 Å². The Hall–Kier alpha value is -3.11. The van der Waals surface area contributed by atoms with Crippen LogP contribution in [0.1, 0.15) is 11.3 Å². The monoisotopic (exact) mass is 347 g/mol. The highest BCUT2D eigenvalue weighted by Crippen LogP contribution is 2.23. The number of aromatic nitrogens is 3. The van der Waals surface area contributed by atoms with E-state index in [4.69, 9.17) is 16.3 Å². The first-order valence-electron chi connectivity index (χ1n) is 7.79. The lowest BCUT2D eigenvalue weighted by Crippen LogP contribution is -1.97. The van der Waals surface area contributed by atoms with Crippen molar-refractivity contribution in [2.24, 2.45) is 0 Å². The van der Waals surface area contributed by atoms with Crippen LogP contribution < -0.4 is 4.74 Å². The molecule has 0 unspecified atom stereocenters. The van der Waals surface area contributed by atoms with Crippen LogP contribution in [-0.2, 0) is 0 Å². The highest BCUT2D eigenvalue weighted by molar-refractivity contribution is 6.30. The van der Waals surface area contributed by atoms with Crippen LogP contribution in [0.3, 0.4) is 0 Å². The number of ether oxygens (including phenoxy) is 1. The second-order valence-electron chi connectivity index (χ2n) is 5.43. The predicted molar refractivity (Wildman–Crippen MR) is 99.9 cm³/mol. The first-order valence-corrected chi connectivity index (χ1v) is 8.17. The van der Waals surface area contributed by atoms with Crippen molar-refractivity contribution in [3.8, 4) is 11.6 Å². The summed E-state index contributed by atoms with van der Waals surface area (Å²) in [7, 11) is 0. The van der Waals surface area contributed by atoms with E-state index < -0.39 is 0 Å². The molecule has 2 aromatic heterocycles. The first kappa shape index (κ1) is 15.4. The lowest BCUT2D eigenvalue weighted by Gasteiger charge is -2.05.